The Morgan fingerprint density at radius 1 is 0.955 bits per heavy atom. The first-order valence-corrected chi connectivity index (χ1v) is 7.18. The number of hydrogen-bond acceptors (Lipinski definition) is 3. The fourth-order valence-corrected chi connectivity index (χ4v) is 2.37. The van der Waals surface area contributed by atoms with Gasteiger partial charge in [0.1, 0.15) is 19.0 Å². The third-order valence-electron chi connectivity index (χ3n) is 3.43. The van der Waals surface area contributed by atoms with E-state index < -0.39 is 0 Å². The minimum absolute atomic E-state index is 0.245. The third kappa shape index (κ3) is 2.96. The van der Waals surface area contributed by atoms with E-state index in [9.17, 15) is 4.79 Å². The van der Waals surface area contributed by atoms with E-state index in [2.05, 4.69) is 5.32 Å². The van der Waals surface area contributed by atoms with Crippen molar-refractivity contribution in [2.45, 2.75) is 6.92 Å². The van der Waals surface area contributed by atoms with Crippen LogP contribution in [0.3, 0.4) is 0 Å². The smallest absolute Gasteiger partial charge is 0.294 e. The van der Waals surface area contributed by atoms with E-state index in [4.69, 9.17) is 9.47 Å². The first-order chi connectivity index (χ1) is 10.8. The molecule has 0 saturated carbocycles. The largest absolute Gasteiger partial charge is 0.491 e. The van der Waals surface area contributed by atoms with Gasteiger partial charge in [-0.05, 0) is 18.6 Å². The summed E-state index contributed by atoms with van der Waals surface area (Å²) in [5.41, 5.74) is 2.75. The van der Waals surface area contributed by atoms with Crippen molar-refractivity contribution in [1.82, 2.24) is 0 Å². The fraction of sp³-hybridized carbons (Fsp3) is 0.167. The molecule has 0 radical (unpaired) electrons. The molecule has 0 atom stereocenters. The van der Waals surface area contributed by atoms with Crippen molar-refractivity contribution in [3.05, 3.63) is 66.1 Å². The highest BCUT2D eigenvalue weighted by Crippen LogP contribution is 2.28. The second-order valence-corrected chi connectivity index (χ2v) is 4.95. The molecule has 1 N–H and O–H groups in total. The molecule has 112 valence electrons. The Hall–Kier alpha value is -2.75. The molecular formula is C18H17NO3. The highest BCUT2D eigenvalue weighted by Gasteiger charge is 2.20. The van der Waals surface area contributed by atoms with Crippen LogP contribution >= 0.6 is 0 Å². The molecule has 22 heavy (non-hydrogen) atoms. The van der Waals surface area contributed by atoms with Crippen molar-refractivity contribution in [3.8, 4) is 11.1 Å². The number of amides is 1. The van der Waals surface area contributed by atoms with Crippen molar-refractivity contribution in [2.24, 2.45) is 0 Å². The van der Waals surface area contributed by atoms with Gasteiger partial charge >= 0.3 is 0 Å². The molecule has 2 aromatic carbocycles. The minimum atomic E-state index is -0.291. The SMILES string of the molecule is CC1=C(C(=O)Nc2ccccc2-c2ccccc2)OCCO1. The number of hydrogen-bond donors (Lipinski definition) is 1. The van der Waals surface area contributed by atoms with Crippen LogP contribution in [0.25, 0.3) is 11.1 Å². The molecule has 0 fully saturated rings. The zero-order valence-electron chi connectivity index (χ0n) is 12.3. The summed E-state index contributed by atoms with van der Waals surface area (Å²) in [5.74, 6) is 0.468. The number of nitrogens with one attached hydrogen (secondary N) is 1. The van der Waals surface area contributed by atoms with Crippen LogP contribution in [0.5, 0.6) is 0 Å². The maximum atomic E-state index is 12.4. The number of carbonyl (C=O) groups excluding carboxylic acids is 1. The van der Waals surface area contributed by atoms with Gasteiger partial charge in [-0.15, -0.1) is 0 Å². The summed E-state index contributed by atoms with van der Waals surface area (Å²) in [6, 6.07) is 17.6. The Morgan fingerprint density at radius 3 is 2.41 bits per heavy atom. The summed E-state index contributed by atoms with van der Waals surface area (Å²) in [5, 5.41) is 2.91. The molecule has 0 aromatic heterocycles. The van der Waals surface area contributed by atoms with Gasteiger partial charge in [0.15, 0.2) is 0 Å². The number of ether oxygens (including phenoxy) is 2. The summed E-state index contributed by atoms with van der Waals surface area (Å²) in [6.45, 7) is 2.60. The Bertz CT molecular complexity index is 707. The van der Waals surface area contributed by atoms with Gasteiger partial charge in [-0.1, -0.05) is 48.5 Å². The van der Waals surface area contributed by atoms with Gasteiger partial charge in [-0.2, -0.15) is 0 Å². The van der Waals surface area contributed by atoms with Crippen LogP contribution < -0.4 is 5.32 Å². The molecule has 1 aliphatic heterocycles. The minimum Gasteiger partial charge on any atom is -0.491 e. The van der Waals surface area contributed by atoms with Crippen molar-refractivity contribution in [1.29, 1.82) is 0 Å². The Morgan fingerprint density at radius 2 is 1.64 bits per heavy atom. The summed E-state index contributed by atoms with van der Waals surface area (Å²) >= 11 is 0. The highest BCUT2D eigenvalue weighted by atomic mass is 16.6. The van der Waals surface area contributed by atoms with Crippen LogP contribution in [0.15, 0.2) is 66.1 Å². The predicted octanol–water partition coefficient (Wildman–Crippen LogP) is 3.57. The number of benzene rings is 2. The second kappa shape index (κ2) is 6.35. The van der Waals surface area contributed by atoms with Crippen molar-refractivity contribution >= 4 is 11.6 Å². The molecule has 3 rings (SSSR count). The van der Waals surface area contributed by atoms with Crippen LogP contribution in [0.2, 0.25) is 0 Å². The fourth-order valence-electron chi connectivity index (χ4n) is 2.37. The Kier molecular flexibility index (Phi) is 4.10. The van der Waals surface area contributed by atoms with E-state index in [1.54, 1.807) is 6.92 Å². The molecule has 0 aliphatic carbocycles. The Balaban J connectivity index is 1.89. The molecule has 4 heteroatoms. The van der Waals surface area contributed by atoms with Gasteiger partial charge in [0, 0.05) is 11.3 Å². The lowest BCUT2D eigenvalue weighted by atomic mass is 10.0. The number of para-hydroxylation sites is 1. The van der Waals surface area contributed by atoms with Gasteiger partial charge in [0.2, 0.25) is 5.76 Å². The summed E-state index contributed by atoms with van der Waals surface area (Å²) in [7, 11) is 0. The zero-order chi connectivity index (χ0) is 15.4. The molecule has 2 aromatic rings. The van der Waals surface area contributed by atoms with Gasteiger partial charge in [0.05, 0.1) is 0 Å². The van der Waals surface area contributed by atoms with Crippen LogP contribution in [0, 0.1) is 0 Å². The number of allylic oxidation sites excluding steroid dienone is 1. The van der Waals surface area contributed by atoms with E-state index in [-0.39, 0.29) is 11.7 Å². The van der Waals surface area contributed by atoms with Crippen molar-refractivity contribution < 1.29 is 14.3 Å². The lowest BCUT2D eigenvalue weighted by Gasteiger charge is -2.20. The first kappa shape index (κ1) is 14.2. The molecule has 4 nitrogen and oxygen atoms in total. The van der Waals surface area contributed by atoms with Crippen LogP contribution in [0.4, 0.5) is 5.69 Å². The summed E-state index contributed by atoms with van der Waals surface area (Å²) in [4.78, 5) is 12.4. The average molecular weight is 295 g/mol. The van der Waals surface area contributed by atoms with Crippen LogP contribution in [-0.2, 0) is 14.3 Å². The number of carbonyl (C=O) groups is 1. The zero-order valence-corrected chi connectivity index (χ0v) is 12.3. The molecular weight excluding hydrogens is 278 g/mol. The molecule has 0 saturated heterocycles. The van der Waals surface area contributed by atoms with E-state index in [1.165, 1.54) is 0 Å². The predicted molar refractivity (Wildman–Crippen MR) is 85.1 cm³/mol. The lowest BCUT2D eigenvalue weighted by Crippen LogP contribution is -2.23. The monoisotopic (exact) mass is 295 g/mol. The van der Waals surface area contributed by atoms with Gasteiger partial charge < -0.3 is 14.8 Å². The van der Waals surface area contributed by atoms with Crippen LogP contribution in [-0.4, -0.2) is 19.1 Å². The summed E-state index contributed by atoms with van der Waals surface area (Å²) < 4.78 is 10.8. The van der Waals surface area contributed by atoms with E-state index in [0.717, 1.165) is 16.8 Å². The van der Waals surface area contributed by atoms with E-state index >= 15 is 0 Å². The van der Waals surface area contributed by atoms with Crippen LogP contribution in [0.1, 0.15) is 6.92 Å². The molecule has 0 unspecified atom stereocenters. The van der Waals surface area contributed by atoms with Crippen molar-refractivity contribution in [2.75, 3.05) is 18.5 Å². The third-order valence-corrected chi connectivity index (χ3v) is 3.43. The molecule has 1 aliphatic rings. The second-order valence-electron chi connectivity index (χ2n) is 4.95. The average Bonchev–Trinajstić information content (AvgIpc) is 2.56. The van der Waals surface area contributed by atoms with Crippen molar-refractivity contribution in [3.63, 3.8) is 0 Å². The topological polar surface area (TPSA) is 47.6 Å². The standard InChI is InChI=1S/C18H17NO3/c1-13-17(22-12-11-21-13)18(20)19-16-10-6-5-9-15(16)14-7-3-2-4-8-14/h2-10H,11-12H2,1H3,(H,19,20). The quantitative estimate of drug-likeness (QED) is 0.941. The number of rotatable bonds is 3. The first-order valence-electron chi connectivity index (χ1n) is 7.18. The highest BCUT2D eigenvalue weighted by molar-refractivity contribution is 6.04. The normalized spacial score (nSPS) is 14.0. The summed E-state index contributed by atoms with van der Waals surface area (Å²) in [6.07, 6.45) is 0. The lowest BCUT2D eigenvalue weighted by molar-refractivity contribution is -0.117. The van der Waals surface area contributed by atoms with E-state index in [0.29, 0.717) is 19.0 Å². The molecule has 1 amide bonds. The van der Waals surface area contributed by atoms with Gasteiger partial charge in [0.25, 0.3) is 5.91 Å². The van der Waals surface area contributed by atoms with Gasteiger partial charge in [-0.3, -0.25) is 4.79 Å². The maximum Gasteiger partial charge on any atom is 0.294 e. The van der Waals surface area contributed by atoms with Gasteiger partial charge in [-0.25, -0.2) is 0 Å². The molecule has 0 spiro atoms. The Labute approximate surface area is 129 Å². The number of anilines is 1. The maximum absolute atomic E-state index is 12.4. The molecule has 0 bridgehead atoms. The van der Waals surface area contributed by atoms with E-state index in [1.807, 2.05) is 54.6 Å². The molecule has 1 heterocycles.